The fourth-order valence-electron chi connectivity index (χ4n) is 2.52. The lowest BCUT2D eigenvalue weighted by Gasteiger charge is -2.14. The van der Waals surface area contributed by atoms with E-state index in [9.17, 15) is 14.4 Å². The smallest absolute Gasteiger partial charge is 0.338 e. The van der Waals surface area contributed by atoms with Crippen molar-refractivity contribution in [3.8, 4) is 0 Å². The number of rotatable bonds is 7. The van der Waals surface area contributed by atoms with E-state index in [4.69, 9.17) is 9.47 Å². The third-order valence-corrected chi connectivity index (χ3v) is 3.92. The monoisotopic (exact) mass is 361 g/mol. The summed E-state index contributed by atoms with van der Waals surface area (Å²) >= 11 is 0. The van der Waals surface area contributed by atoms with Gasteiger partial charge in [0, 0.05) is 20.2 Å². The van der Waals surface area contributed by atoms with Gasteiger partial charge in [0.25, 0.3) is 11.5 Å². The number of hydrogen-bond acceptors (Lipinski definition) is 6. The van der Waals surface area contributed by atoms with Crippen LogP contribution in [0.3, 0.4) is 0 Å². The van der Waals surface area contributed by atoms with E-state index in [0.29, 0.717) is 36.4 Å². The van der Waals surface area contributed by atoms with E-state index in [2.05, 4.69) is 10.3 Å². The first-order chi connectivity index (χ1) is 12.4. The molecular formula is C18H23N3O5. The van der Waals surface area contributed by atoms with Crippen molar-refractivity contribution in [2.75, 3.05) is 20.3 Å². The number of nitrogens with zero attached hydrogens (tertiary/aromatic N) is 2. The van der Waals surface area contributed by atoms with Crippen molar-refractivity contribution in [2.24, 2.45) is 0 Å². The molecule has 0 bridgehead atoms. The van der Waals surface area contributed by atoms with Gasteiger partial charge < -0.3 is 19.4 Å². The Morgan fingerprint density at radius 1 is 1.35 bits per heavy atom. The van der Waals surface area contributed by atoms with Crippen LogP contribution in [0.5, 0.6) is 0 Å². The number of methoxy groups -OCH3 is 1. The Morgan fingerprint density at radius 2 is 2.08 bits per heavy atom. The molecule has 0 spiro atoms. The van der Waals surface area contributed by atoms with Crippen molar-refractivity contribution in [1.82, 2.24) is 14.9 Å². The highest BCUT2D eigenvalue weighted by molar-refractivity contribution is 5.95. The Balaban J connectivity index is 2.19. The molecule has 26 heavy (non-hydrogen) atoms. The molecule has 1 atom stereocenters. The number of ether oxygens (including phenoxy) is 2. The van der Waals surface area contributed by atoms with E-state index >= 15 is 0 Å². The number of aromatic nitrogens is 2. The molecule has 2 rings (SSSR count). The van der Waals surface area contributed by atoms with Crippen LogP contribution in [0.1, 0.15) is 29.9 Å². The van der Waals surface area contributed by atoms with Gasteiger partial charge >= 0.3 is 5.97 Å². The third kappa shape index (κ3) is 4.26. The normalized spacial score (nSPS) is 12.0. The standard InChI is InChI=1S/C18H23N3O5/c1-5-21-15-7-6-13(10-14(15)20-11(2)17(21)23)18(24)26-12(3)16(22)19-8-9-25-4/h6-7,10,12H,5,8-9H2,1-4H3,(H,19,22)/t12-/m0/s1. The van der Waals surface area contributed by atoms with Crippen LogP contribution in [-0.4, -0.2) is 47.8 Å². The zero-order chi connectivity index (χ0) is 19.3. The van der Waals surface area contributed by atoms with Crippen molar-refractivity contribution < 1.29 is 19.1 Å². The fourth-order valence-corrected chi connectivity index (χ4v) is 2.52. The summed E-state index contributed by atoms with van der Waals surface area (Å²) < 4.78 is 11.6. The molecule has 140 valence electrons. The van der Waals surface area contributed by atoms with Gasteiger partial charge in [0.2, 0.25) is 0 Å². The molecule has 1 aromatic heterocycles. The molecule has 1 aromatic carbocycles. The van der Waals surface area contributed by atoms with E-state index in [-0.39, 0.29) is 11.1 Å². The molecule has 2 aromatic rings. The highest BCUT2D eigenvalue weighted by Crippen LogP contribution is 2.15. The van der Waals surface area contributed by atoms with Crippen LogP contribution >= 0.6 is 0 Å². The molecule has 0 saturated heterocycles. The maximum absolute atomic E-state index is 12.3. The highest BCUT2D eigenvalue weighted by atomic mass is 16.5. The quantitative estimate of drug-likeness (QED) is 0.584. The SMILES string of the molecule is CCn1c(=O)c(C)nc2cc(C(=O)O[C@@H](C)C(=O)NCCOC)ccc21. The van der Waals surface area contributed by atoms with Gasteiger partial charge in [-0.2, -0.15) is 0 Å². The number of aryl methyl sites for hydroxylation is 2. The summed E-state index contributed by atoms with van der Waals surface area (Å²) in [6, 6.07) is 4.78. The molecule has 1 heterocycles. The number of nitrogens with one attached hydrogen (secondary N) is 1. The summed E-state index contributed by atoms with van der Waals surface area (Å²) in [7, 11) is 1.53. The minimum Gasteiger partial charge on any atom is -0.449 e. The van der Waals surface area contributed by atoms with Gasteiger partial charge in [0.05, 0.1) is 23.2 Å². The molecule has 1 N–H and O–H groups in total. The van der Waals surface area contributed by atoms with E-state index in [1.807, 2.05) is 6.92 Å². The number of carbonyl (C=O) groups excluding carboxylic acids is 2. The molecule has 0 fully saturated rings. The molecule has 0 unspecified atom stereocenters. The zero-order valence-corrected chi connectivity index (χ0v) is 15.4. The summed E-state index contributed by atoms with van der Waals surface area (Å²) in [6.07, 6.45) is -0.936. The number of esters is 1. The van der Waals surface area contributed by atoms with Crippen LogP contribution in [0.2, 0.25) is 0 Å². The number of fused-ring (bicyclic) bond motifs is 1. The molecule has 0 aliphatic carbocycles. The predicted octanol–water partition coefficient (Wildman–Crippen LogP) is 1.03. The van der Waals surface area contributed by atoms with Gasteiger partial charge in [-0.15, -0.1) is 0 Å². The number of benzene rings is 1. The van der Waals surface area contributed by atoms with E-state index in [1.165, 1.54) is 14.0 Å². The van der Waals surface area contributed by atoms with Crippen molar-refractivity contribution >= 4 is 22.9 Å². The second kappa shape index (κ2) is 8.57. The average Bonchev–Trinajstić information content (AvgIpc) is 2.62. The number of carbonyl (C=O) groups is 2. The van der Waals surface area contributed by atoms with Gasteiger partial charge in [0.15, 0.2) is 6.10 Å². The van der Waals surface area contributed by atoms with Crippen LogP contribution in [0, 0.1) is 6.92 Å². The molecule has 0 saturated carbocycles. The molecule has 8 nitrogen and oxygen atoms in total. The fraction of sp³-hybridized carbons (Fsp3) is 0.444. The second-order valence-corrected chi connectivity index (χ2v) is 5.78. The minimum atomic E-state index is -0.936. The molecule has 0 radical (unpaired) electrons. The van der Waals surface area contributed by atoms with Gasteiger partial charge in [-0.3, -0.25) is 9.59 Å². The maximum Gasteiger partial charge on any atom is 0.338 e. The molecule has 1 amide bonds. The number of amides is 1. The van der Waals surface area contributed by atoms with Crippen molar-refractivity contribution in [3.63, 3.8) is 0 Å². The van der Waals surface area contributed by atoms with Gasteiger partial charge in [-0.25, -0.2) is 9.78 Å². The van der Waals surface area contributed by atoms with Gasteiger partial charge in [0.1, 0.15) is 5.69 Å². The Kier molecular flexibility index (Phi) is 6.46. The van der Waals surface area contributed by atoms with E-state index < -0.39 is 18.0 Å². The average molecular weight is 361 g/mol. The van der Waals surface area contributed by atoms with Crippen LogP contribution in [-0.2, 0) is 20.8 Å². The molecule has 0 aliphatic heterocycles. The molecule has 8 heteroatoms. The number of hydrogen-bond donors (Lipinski definition) is 1. The summed E-state index contributed by atoms with van der Waals surface area (Å²) in [5.74, 6) is -1.03. The van der Waals surface area contributed by atoms with Crippen LogP contribution in [0.4, 0.5) is 0 Å². The van der Waals surface area contributed by atoms with E-state index in [0.717, 1.165) is 0 Å². The summed E-state index contributed by atoms with van der Waals surface area (Å²) in [6.45, 7) is 6.21. The lowest BCUT2D eigenvalue weighted by atomic mass is 10.2. The van der Waals surface area contributed by atoms with Crippen LogP contribution in [0.15, 0.2) is 23.0 Å². The zero-order valence-electron chi connectivity index (χ0n) is 15.4. The second-order valence-electron chi connectivity index (χ2n) is 5.78. The molecular weight excluding hydrogens is 338 g/mol. The lowest BCUT2D eigenvalue weighted by molar-refractivity contribution is -0.129. The first-order valence-electron chi connectivity index (χ1n) is 8.37. The third-order valence-electron chi connectivity index (χ3n) is 3.92. The van der Waals surface area contributed by atoms with Gasteiger partial charge in [-0.1, -0.05) is 0 Å². The Hall–Kier alpha value is -2.74. The van der Waals surface area contributed by atoms with Crippen molar-refractivity contribution in [2.45, 2.75) is 33.4 Å². The summed E-state index contributed by atoms with van der Waals surface area (Å²) in [4.78, 5) is 40.6. The highest BCUT2D eigenvalue weighted by Gasteiger charge is 2.19. The topological polar surface area (TPSA) is 99.5 Å². The maximum atomic E-state index is 12.3. The van der Waals surface area contributed by atoms with Crippen molar-refractivity contribution in [1.29, 1.82) is 0 Å². The Labute approximate surface area is 151 Å². The van der Waals surface area contributed by atoms with Crippen LogP contribution in [0.25, 0.3) is 11.0 Å². The first-order valence-corrected chi connectivity index (χ1v) is 8.37. The van der Waals surface area contributed by atoms with Crippen LogP contribution < -0.4 is 10.9 Å². The first kappa shape index (κ1) is 19.6. The largest absolute Gasteiger partial charge is 0.449 e. The Morgan fingerprint density at radius 3 is 2.73 bits per heavy atom. The summed E-state index contributed by atoms with van der Waals surface area (Å²) in [5, 5.41) is 2.61. The van der Waals surface area contributed by atoms with E-state index in [1.54, 1.807) is 29.7 Å². The lowest BCUT2D eigenvalue weighted by Crippen LogP contribution is -2.37. The minimum absolute atomic E-state index is 0.156. The molecule has 0 aliphatic rings. The Bertz CT molecular complexity index is 875. The van der Waals surface area contributed by atoms with Gasteiger partial charge in [-0.05, 0) is 39.0 Å². The predicted molar refractivity (Wildman–Crippen MR) is 96.2 cm³/mol. The summed E-state index contributed by atoms with van der Waals surface area (Å²) in [5.41, 5.74) is 1.63. The van der Waals surface area contributed by atoms with Crippen molar-refractivity contribution in [3.05, 3.63) is 39.8 Å².